The lowest BCUT2D eigenvalue weighted by Crippen LogP contribution is -2.49. The molecule has 0 aromatic heterocycles. The number of nitrogens with one attached hydrogen (secondary N) is 2. The van der Waals surface area contributed by atoms with E-state index in [0.717, 1.165) is 18.7 Å². The standard InChI is InChI=1S/C16H23N3O2/c1-12-3-4-14(9-13(12)2)10-15(20)18-11-16(21)19-7-5-17-6-8-19/h3-4,9,17H,5-8,10-11H2,1-2H3,(H,18,20). The third kappa shape index (κ3) is 4.56. The normalized spacial score (nSPS) is 14.9. The molecule has 5 heteroatoms. The molecule has 0 radical (unpaired) electrons. The average Bonchev–Trinajstić information content (AvgIpc) is 2.49. The van der Waals surface area contributed by atoms with Crippen LogP contribution in [0.2, 0.25) is 0 Å². The Balaban J connectivity index is 1.78. The van der Waals surface area contributed by atoms with Gasteiger partial charge < -0.3 is 15.5 Å². The van der Waals surface area contributed by atoms with Gasteiger partial charge in [0.1, 0.15) is 0 Å². The maximum atomic E-state index is 11.9. The molecule has 2 rings (SSSR count). The summed E-state index contributed by atoms with van der Waals surface area (Å²) in [6.07, 6.45) is 0.315. The van der Waals surface area contributed by atoms with Crippen molar-refractivity contribution in [2.75, 3.05) is 32.7 Å². The Bertz CT molecular complexity index is 522. The Hall–Kier alpha value is -1.88. The van der Waals surface area contributed by atoms with Crippen LogP contribution in [0.1, 0.15) is 16.7 Å². The monoisotopic (exact) mass is 289 g/mol. The van der Waals surface area contributed by atoms with Crippen LogP contribution in [0.4, 0.5) is 0 Å². The largest absolute Gasteiger partial charge is 0.347 e. The number of hydrogen-bond donors (Lipinski definition) is 2. The van der Waals surface area contributed by atoms with Crippen molar-refractivity contribution in [1.29, 1.82) is 0 Å². The maximum absolute atomic E-state index is 11.9. The summed E-state index contributed by atoms with van der Waals surface area (Å²) in [7, 11) is 0. The van der Waals surface area contributed by atoms with Crippen molar-refractivity contribution in [3.63, 3.8) is 0 Å². The van der Waals surface area contributed by atoms with E-state index in [1.807, 2.05) is 32.0 Å². The van der Waals surface area contributed by atoms with Crippen LogP contribution in [0.5, 0.6) is 0 Å². The molecule has 1 aromatic carbocycles. The molecule has 1 aliphatic rings. The fourth-order valence-corrected chi connectivity index (χ4v) is 2.36. The fourth-order valence-electron chi connectivity index (χ4n) is 2.36. The van der Waals surface area contributed by atoms with E-state index < -0.39 is 0 Å². The van der Waals surface area contributed by atoms with Crippen molar-refractivity contribution in [2.45, 2.75) is 20.3 Å². The van der Waals surface area contributed by atoms with Gasteiger partial charge in [-0.05, 0) is 30.5 Å². The van der Waals surface area contributed by atoms with Crippen molar-refractivity contribution in [1.82, 2.24) is 15.5 Å². The van der Waals surface area contributed by atoms with Gasteiger partial charge in [0.2, 0.25) is 11.8 Å². The second-order valence-electron chi connectivity index (χ2n) is 5.50. The molecule has 1 aliphatic heterocycles. The molecule has 0 bridgehead atoms. The van der Waals surface area contributed by atoms with Crippen LogP contribution in [0.25, 0.3) is 0 Å². The predicted molar refractivity (Wildman–Crippen MR) is 82.1 cm³/mol. The lowest BCUT2D eigenvalue weighted by atomic mass is 10.0. The minimum absolute atomic E-state index is 0.00932. The first-order valence-corrected chi connectivity index (χ1v) is 7.37. The Morgan fingerprint density at radius 3 is 2.57 bits per heavy atom. The molecule has 0 saturated carbocycles. The predicted octanol–water partition coefficient (Wildman–Crippen LogP) is 0.394. The van der Waals surface area contributed by atoms with Gasteiger partial charge in [-0.1, -0.05) is 18.2 Å². The molecular formula is C16H23N3O2. The molecule has 1 saturated heterocycles. The van der Waals surface area contributed by atoms with Gasteiger partial charge in [-0.15, -0.1) is 0 Å². The number of piperazine rings is 1. The summed E-state index contributed by atoms with van der Waals surface area (Å²) < 4.78 is 0. The molecule has 1 aromatic rings. The summed E-state index contributed by atoms with van der Waals surface area (Å²) >= 11 is 0. The minimum Gasteiger partial charge on any atom is -0.347 e. The number of amides is 2. The van der Waals surface area contributed by atoms with Gasteiger partial charge in [-0.25, -0.2) is 0 Å². The highest BCUT2D eigenvalue weighted by molar-refractivity contribution is 5.85. The first-order valence-electron chi connectivity index (χ1n) is 7.37. The van der Waals surface area contributed by atoms with Crippen LogP contribution in [-0.2, 0) is 16.0 Å². The van der Waals surface area contributed by atoms with Gasteiger partial charge in [0, 0.05) is 26.2 Å². The molecule has 1 heterocycles. The van der Waals surface area contributed by atoms with Crippen molar-refractivity contribution in [2.24, 2.45) is 0 Å². The van der Waals surface area contributed by atoms with E-state index in [9.17, 15) is 9.59 Å². The number of hydrogen-bond acceptors (Lipinski definition) is 3. The van der Waals surface area contributed by atoms with Crippen LogP contribution >= 0.6 is 0 Å². The van der Waals surface area contributed by atoms with E-state index in [2.05, 4.69) is 10.6 Å². The first-order chi connectivity index (χ1) is 10.1. The molecule has 2 N–H and O–H groups in total. The van der Waals surface area contributed by atoms with Crippen molar-refractivity contribution in [3.05, 3.63) is 34.9 Å². The molecule has 0 atom stereocenters. The maximum Gasteiger partial charge on any atom is 0.242 e. The number of carbonyl (C=O) groups is 2. The van der Waals surface area contributed by atoms with Crippen LogP contribution < -0.4 is 10.6 Å². The third-order valence-electron chi connectivity index (χ3n) is 3.84. The van der Waals surface area contributed by atoms with Crippen molar-refractivity contribution in [3.8, 4) is 0 Å². The molecule has 114 valence electrons. The lowest BCUT2D eigenvalue weighted by Gasteiger charge is -2.27. The summed E-state index contributed by atoms with van der Waals surface area (Å²) in [5.74, 6) is -0.119. The highest BCUT2D eigenvalue weighted by Crippen LogP contribution is 2.10. The molecule has 0 unspecified atom stereocenters. The quantitative estimate of drug-likeness (QED) is 0.843. The summed E-state index contributed by atoms with van der Waals surface area (Å²) in [4.78, 5) is 25.6. The summed E-state index contributed by atoms with van der Waals surface area (Å²) in [6.45, 7) is 7.24. The van der Waals surface area contributed by atoms with Crippen LogP contribution in [-0.4, -0.2) is 49.4 Å². The van der Waals surface area contributed by atoms with E-state index in [1.54, 1.807) is 4.90 Å². The summed E-state index contributed by atoms with van der Waals surface area (Å²) in [5.41, 5.74) is 3.37. The van der Waals surface area contributed by atoms with Crippen molar-refractivity contribution < 1.29 is 9.59 Å². The average molecular weight is 289 g/mol. The first kappa shape index (κ1) is 15.5. The third-order valence-corrected chi connectivity index (χ3v) is 3.84. The second kappa shape index (κ2) is 7.22. The summed E-state index contributed by atoms with van der Waals surface area (Å²) in [6, 6.07) is 6.00. The molecule has 1 fully saturated rings. The molecule has 0 aliphatic carbocycles. The van der Waals surface area contributed by atoms with Crippen LogP contribution in [0.15, 0.2) is 18.2 Å². The van der Waals surface area contributed by atoms with Gasteiger partial charge >= 0.3 is 0 Å². The number of benzene rings is 1. The lowest BCUT2D eigenvalue weighted by molar-refractivity contribution is -0.133. The molecular weight excluding hydrogens is 266 g/mol. The van der Waals surface area contributed by atoms with E-state index in [4.69, 9.17) is 0 Å². The Kier molecular flexibility index (Phi) is 5.33. The smallest absolute Gasteiger partial charge is 0.242 e. The molecule has 2 amide bonds. The topological polar surface area (TPSA) is 61.4 Å². The Morgan fingerprint density at radius 1 is 1.19 bits per heavy atom. The number of nitrogens with zero attached hydrogens (tertiary/aromatic N) is 1. The minimum atomic E-state index is -0.110. The SMILES string of the molecule is Cc1ccc(CC(=O)NCC(=O)N2CCNCC2)cc1C. The van der Waals surface area contributed by atoms with E-state index >= 15 is 0 Å². The second-order valence-corrected chi connectivity index (χ2v) is 5.50. The van der Waals surface area contributed by atoms with E-state index in [-0.39, 0.29) is 18.4 Å². The van der Waals surface area contributed by atoms with Crippen molar-refractivity contribution >= 4 is 11.8 Å². The van der Waals surface area contributed by atoms with Crippen LogP contribution in [0.3, 0.4) is 0 Å². The number of rotatable bonds is 4. The number of carbonyl (C=O) groups excluding carboxylic acids is 2. The van der Waals surface area contributed by atoms with E-state index in [0.29, 0.717) is 19.5 Å². The molecule has 5 nitrogen and oxygen atoms in total. The zero-order valence-corrected chi connectivity index (χ0v) is 12.7. The molecule has 21 heavy (non-hydrogen) atoms. The Morgan fingerprint density at radius 2 is 1.90 bits per heavy atom. The summed E-state index contributed by atoms with van der Waals surface area (Å²) in [5, 5.41) is 5.91. The van der Waals surface area contributed by atoms with E-state index in [1.165, 1.54) is 11.1 Å². The van der Waals surface area contributed by atoms with Crippen LogP contribution in [0, 0.1) is 13.8 Å². The molecule has 0 spiro atoms. The van der Waals surface area contributed by atoms with Gasteiger partial charge in [0.25, 0.3) is 0 Å². The van der Waals surface area contributed by atoms with Gasteiger partial charge in [0.05, 0.1) is 13.0 Å². The Labute approximate surface area is 125 Å². The zero-order chi connectivity index (χ0) is 15.2. The highest BCUT2D eigenvalue weighted by atomic mass is 16.2. The highest BCUT2D eigenvalue weighted by Gasteiger charge is 2.16. The van der Waals surface area contributed by atoms with Gasteiger partial charge in [0.15, 0.2) is 0 Å². The fraction of sp³-hybridized carbons (Fsp3) is 0.500. The van der Waals surface area contributed by atoms with Gasteiger partial charge in [-0.2, -0.15) is 0 Å². The zero-order valence-electron chi connectivity index (χ0n) is 12.7. The number of aryl methyl sites for hydroxylation is 2. The van der Waals surface area contributed by atoms with Gasteiger partial charge in [-0.3, -0.25) is 9.59 Å².